The van der Waals surface area contributed by atoms with E-state index in [9.17, 15) is 14.4 Å². The molecule has 0 aliphatic carbocycles. The fourth-order valence-corrected chi connectivity index (χ4v) is 3.41. The van der Waals surface area contributed by atoms with Gasteiger partial charge < -0.3 is 15.0 Å². The standard InChI is InChI=1S/C17H27N5O4S/c1-11(2)4-5-13(23)18-10-14(24)20-21-16(25)15-12(3)19-17(27-15)22-6-8-26-9-7-22/h11H,4-10H2,1-3H3,(H,18,23)(H,20,24)(H,21,25). The van der Waals surface area contributed by atoms with Gasteiger partial charge in [-0.05, 0) is 19.3 Å². The van der Waals surface area contributed by atoms with Gasteiger partial charge in [0.2, 0.25) is 5.91 Å². The minimum atomic E-state index is -0.489. The van der Waals surface area contributed by atoms with Gasteiger partial charge in [0.1, 0.15) is 4.88 Å². The van der Waals surface area contributed by atoms with Crippen molar-refractivity contribution in [1.29, 1.82) is 0 Å². The second-order valence-electron chi connectivity index (χ2n) is 6.72. The summed E-state index contributed by atoms with van der Waals surface area (Å²) in [7, 11) is 0. The molecule has 1 fully saturated rings. The molecule has 1 aliphatic rings. The summed E-state index contributed by atoms with van der Waals surface area (Å²) in [6.07, 6.45) is 1.14. The minimum absolute atomic E-state index is 0.182. The third-order valence-electron chi connectivity index (χ3n) is 3.98. The lowest BCUT2D eigenvalue weighted by Gasteiger charge is -2.25. The highest BCUT2D eigenvalue weighted by molar-refractivity contribution is 7.17. The highest BCUT2D eigenvalue weighted by Crippen LogP contribution is 2.26. The Balaban J connectivity index is 1.77. The zero-order chi connectivity index (χ0) is 19.8. The highest BCUT2D eigenvalue weighted by atomic mass is 32.1. The fourth-order valence-electron chi connectivity index (χ4n) is 2.40. The molecule has 2 heterocycles. The smallest absolute Gasteiger partial charge is 0.281 e. The molecule has 9 nitrogen and oxygen atoms in total. The van der Waals surface area contributed by atoms with Crippen molar-refractivity contribution in [2.45, 2.75) is 33.6 Å². The van der Waals surface area contributed by atoms with Gasteiger partial charge in [0, 0.05) is 19.5 Å². The van der Waals surface area contributed by atoms with Crippen LogP contribution in [0.3, 0.4) is 0 Å². The van der Waals surface area contributed by atoms with Crippen LogP contribution in [0, 0.1) is 12.8 Å². The molecule has 150 valence electrons. The Labute approximate surface area is 162 Å². The molecule has 3 N–H and O–H groups in total. The van der Waals surface area contributed by atoms with Crippen LogP contribution >= 0.6 is 11.3 Å². The lowest BCUT2D eigenvalue weighted by Crippen LogP contribution is -2.46. The van der Waals surface area contributed by atoms with Crippen molar-refractivity contribution >= 4 is 34.2 Å². The number of carbonyl (C=O) groups is 3. The number of aryl methyl sites for hydroxylation is 1. The van der Waals surface area contributed by atoms with E-state index in [0.29, 0.717) is 36.1 Å². The van der Waals surface area contributed by atoms with Gasteiger partial charge in [0.05, 0.1) is 25.5 Å². The molecule has 0 atom stereocenters. The maximum atomic E-state index is 12.3. The number of carbonyl (C=O) groups excluding carboxylic acids is 3. The Hall–Kier alpha value is -2.20. The number of anilines is 1. The lowest BCUT2D eigenvalue weighted by atomic mass is 10.1. The van der Waals surface area contributed by atoms with Crippen molar-refractivity contribution < 1.29 is 19.1 Å². The number of aromatic nitrogens is 1. The summed E-state index contributed by atoms with van der Waals surface area (Å²) in [4.78, 5) is 42.6. The third kappa shape index (κ3) is 6.79. The second kappa shape index (κ2) is 10.2. The van der Waals surface area contributed by atoms with E-state index in [0.717, 1.165) is 24.6 Å². The molecule has 0 unspecified atom stereocenters. The summed E-state index contributed by atoms with van der Waals surface area (Å²) in [5, 5.41) is 3.30. The molecule has 0 spiro atoms. The maximum Gasteiger partial charge on any atom is 0.281 e. The molecular formula is C17H27N5O4S. The molecule has 1 aromatic rings. The summed E-state index contributed by atoms with van der Waals surface area (Å²) in [6, 6.07) is 0. The van der Waals surface area contributed by atoms with Crippen molar-refractivity contribution in [2.24, 2.45) is 5.92 Å². The van der Waals surface area contributed by atoms with Gasteiger partial charge in [-0.15, -0.1) is 0 Å². The Morgan fingerprint density at radius 1 is 1.19 bits per heavy atom. The number of nitrogens with one attached hydrogen (secondary N) is 3. The van der Waals surface area contributed by atoms with Gasteiger partial charge in [-0.25, -0.2) is 4.98 Å². The molecule has 27 heavy (non-hydrogen) atoms. The SMILES string of the molecule is Cc1nc(N2CCOCC2)sc1C(=O)NNC(=O)CNC(=O)CCC(C)C. The predicted octanol–water partition coefficient (Wildman–Crippen LogP) is 0.602. The Kier molecular flexibility index (Phi) is 7.99. The molecule has 2 rings (SSSR count). The molecule has 0 radical (unpaired) electrons. The number of ether oxygens (including phenoxy) is 1. The van der Waals surface area contributed by atoms with Gasteiger partial charge in [0.15, 0.2) is 5.13 Å². The molecular weight excluding hydrogens is 370 g/mol. The number of thiazole rings is 1. The zero-order valence-electron chi connectivity index (χ0n) is 16.0. The number of amides is 3. The van der Waals surface area contributed by atoms with Crippen LogP contribution in [-0.2, 0) is 14.3 Å². The first-order chi connectivity index (χ1) is 12.9. The largest absolute Gasteiger partial charge is 0.378 e. The Morgan fingerprint density at radius 2 is 1.89 bits per heavy atom. The summed E-state index contributed by atoms with van der Waals surface area (Å²) in [5.41, 5.74) is 5.28. The summed E-state index contributed by atoms with van der Waals surface area (Å²) >= 11 is 1.28. The van der Waals surface area contributed by atoms with Crippen LogP contribution in [0.1, 0.15) is 42.1 Å². The van der Waals surface area contributed by atoms with E-state index < -0.39 is 11.8 Å². The van der Waals surface area contributed by atoms with E-state index in [1.165, 1.54) is 11.3 Å². The van der Waals surface area contributed by atoms with E-state index in [2.05, 4.69) is 26.1 Å². The topological polar surface area (TPSA) is 113 Å². The van der Waals surface area contributed by atoms with Gasteiger partial charge in [-0.2, -0.15) is 0 Å². The molecule has 1 saturated heterocycles. The zero-order valence-corrected chi connectivity index (χ0v) is 16.8. The molecule has 0 saturated carbocycles. The van der Waals surface area contributed by atoms with Crippen LogP contribution in [0.25, 0.3) is 0 Å². The van der Waals surface area contributed by atoms with Gasteiger partial charge >= 0.3 is 0 Å². The van der Waals surface area contributed by atoms with Crippen molar-refractivity contribution in [3.8, 4) is 0 Å². The minimum Gasteiger partial charge on any atom is -0.378 e. The Bertz CT molecular complexity index is 670. The first-order valence-corrected chi connectivity index (χ1v) is 9.84. The first kappa shape index (κ1) is 21.1. The molecule has 3 amide bonds. The molecule has 10 heteroatoms. The number of hydrogen-bond donors (Lipinski definition) is 3. The van der Waals surface area contributed by atoms with Crippen molar-refractivity contribution in [2.75, 3.05) is 37.7 Å². The molecule has 0 aromatic carbocycles. The van der Waals surface area contributed by atoms with Crippen LogP contribution in [0.5, 0.6) is 0 Å². The summed E-state index contributed by atoms with van der Waals surface area (Å²) in [5.74, 6) is -0.673. The van der Waals surface area contributed by atoms with E-state index in [4.69, 9.17) is 4.74 Å². The van der Waals surface area contributed by atoms with Crippen LogP contribution in [0.2, 0.25) is 0 Å². The average molecular weight is 398 g/mol. The second-order valence-corrected chi connectivity index (χ2v) is 7.70. The van der Waals surface area contributed by atoms with Gasteiger partial charge in [0.25, 0.3) is 11.8 Å². The molecule has 1 aromatic heterocycles. The lowest BCUT2D eigenvalue weighted by molar-refractivity contribution is -0.126. The monoisotopic (exact) mass is 397 g/mol. The fraction of sp³-hybridized carbons (Fsp3) is 0.647. The van der Waals surface area contributed by atoms with Crippen molar-refractivity contribution in [3.05, 3.63) is 10.6 Å². The first-order valence-electron chi connectivity index (χ1n) is 9.02. The Morgan fingerprint density at radius 3 is 2.56 bits per heavy atom. The number of nitrogens with zero attached hydrogens (tertiary/aromatic N) is 2. The maximum absolute atomic E-state index is 12.3. The average Bonchev–Trinajstić information content (AvgIpc) is 3.05. The number of hydrazine groups is 1. The van der Waals surface area contributed by atoms with Crippen LogP contribution in [-0.4, -0.2) is 55.6 Å². The third-order valence-corrected chi connectivity index (χ3v) is 5.20. The van der Waals surface area contributed by atoms with Crippen molar-refractivity contribution in [3.63, 3.8) is 0 Å². The number of rotatable bonds is 7. The number of morpholine rings is 1. The highest BCUT2D eigenvalue weighted by Gasteiger charge is 2.20. The quantitative estimate of drug-likeness (QED) is 0.581. The van der Waals surface area contributed by atoms with Crippen LogP contribution < -0.4 is 21.1 Å². The van der Waals surface area contributed by atoms with Gasteiger partial charge in [-0.3, -0.25) is 25.2 Å². The predicted molar refractivity (Wildman–Crippen MR) is 103 cm³/mol. The van der Waals surface area contributed by atoms with Crippen LogP contribution in [0.4, 0.5) is 5.13 Å². The normalized spacial score (nSPS) is 14.1. The summed E-state index contributed by atoms with van der Waals surface area (Å²) < 4.78 is 5.32. The van der Waals surface area contributed by atoms with Crippen LogP contribution in [0.15, 0.2) is 0 Å². The summed E-state index contributed by atoms with van der Waals surface area (Å²) in [6.45, 7) is 8.38. The van der Waals surface area contributed by atoms with Crippen molar-refractivity contribution in [1.82, 2.24) is 21.2 Å². The van der Waals surface area contributed by atoms with E-state index in [1.54, 1.807) is 6.92 Å². The van der Waals surface area contributed by atoms with E-state index in [1.807, 2.05) is 13.8 Å². The van der Waals surface area contributed by atoms with E-state index in [-0.39, 0.29) is 12.5 Å². The van der Waals surface area contributed by atoms with Gasteiger partial charge in [-0.1, -0.05) is 25.2 Å². The van der Waals surface area contributed by atoms with E-state index >= 15 is 0 Å². The molecule has 1 aliphatic heterocycles. The molecule has 0 bridgehead atoms. The number of hydrogen-bond acceptors (Lipinski definition) is 7.